The minimum atomic E-state index is -0.308. The Balaban J connectivity index is 1.83. The normalized spacial score (nSPS) is 10.5. The molecule has 0 saturated carbocycles. The summed E-state index contributed by atoms with van der Waals surface area (Å²) in [7, 11) is 4.57. The lowest BCUT2D eigenvalue weighted by molar-refractivity contribution is 0.102. The lowest BCUT2D eigenvalue weighted by atomic mass is 10.2. The number of anilines is 1. The van der Waals surface area contributed by atoms with Gasteiger partial charge in [0.25, 0.3) is 5.91 Å². The van der Waals surface area contributed by atoms with Crippen LogP contribution in [-0.2, 0) is 0 Å². The molecule has 0 aliphatic rings. The summed E-state index contributed by atoms with van der Waals surface area (Å²) < 4.78 is 16.9. The van der Waals surface area contributed by atoms with Crippen LogP contribution >= 0.6 is 38.6 Å². The maximum atomic E-state index is 12.5. The fourth-order valence-corrected chi connectivity index (χ4v) is 4.57. The molecular formula is C17H15BrN2O4S2. The number of hydrogen-bond donors (Lipinski definition) is 1. The Morgan fingerprint density at radius 2 is 1.73 bits per heavy atom. The Morgan fingerprint density at radius 1 is 1.04 bits per heavy atom. The number of benzene rings is 1. The molecule has 3 aromatic rings. The first-order valence-electron chi connectivity index (χ1n) is 7.37. The second-order valence-electron chi connectivity index (χ2n) is 5.04. The summed E-state index contributed by atoms with van der Waals surface area (Å²) in [6, 6.07) is 5.32. The fourth-order valence-electron chi connectivity index (χ4n) is 2.26. The molecule has 0 unspecified atom stereocenters. The monoisotopic (exact) mass is 454 g/mol. The van der Waals surface area contributed by atoms with Gasteiger partial charge < -0.3 is 19.5 Å². The van der Waals surface area contributed by atoms with Crippen molar-refractivity contribution >= 4 is 50.2 Å². The molecule has 1 aromatic carbocycles. The van der Waals surface area contributed by atoms with E-state index in [1.165, 1.54) is 32.7 Å². The quantitative estimate of drug-likeness (QED) is 0.572. The second kappa shape index (κ2) is 8.07. The van der Waals surface area contributed by atoms with E-state index in [0.29, 0.717) is 28.6 Å². The van der Waals surface area contributed by atoms with Crippen LogP contribution in [0.1, 0.15) is 10.5 Å². The number of thiophene rings is 1. The molecule has 3 rings (SSSR count). The zero-order valence-electron chi connectivity index (χ0n) is 14.2. The average molecular weight is 455 g/mol. The summed E-state index contributed by atoms with van der Waals surface area (Å²) in [6.45, 7) is 0. The summed E-state index contributed by atoms with van der Waals surface area (Å²) in [5.74, 6) is 1.08. The highest BCUT2D eigenvalue weighted by Crippen LogP contribution is 2.40. The number of thiazole rings is 1. The SMILES string of the molecule is COc1cc(NC(=O)c2csc(-c3cc(Br)cs3)n2)cc(OC)c1OC. The Labute approximate surface area is 166 Å². The smallest absolute Gasteiger partial charge is 0.275 e. The number of carbonyl (C=O) groups excluding carboxylic acids is 1. The highest BCUT2D eigenvalue weighted by atomic mass is 79.9. The van der Waals surface area contributed by atoms with Crippen molar-refractivity contribution in [1.82, 2.24) is 4.98 Å². The molecule has 0 saturated heterocycles. The molecule has 1 amide bonds. The van der Waals surface area contributed by atoms with E-state index in [0.717, 1.165) is 14.4 Å². The van der Waals surface area contributed by atoms with E-state index >= 15 is 0 Å². The number of nitrogens with one attached hydrogen (secondary N) is 1. The zero-order chi connectivity index (χ0) is 18.7. The molecule has 6 nitrogen and oxygen atoms in total. The minimum absolute atomic E-state index is 0.308. The van der Waals surface area contributed by atoms with Crippen molar-refractivity contribution in [2.24, 2.45) is 0 Å². The third-order valence-electron chi connectivity index (χ3n) is 3.44. The van der Waals surface area contributed by atoms with Gasteiger partial charge in [0.2, 0.25) is 5.75 Å². The number of rotatable bonds is 6. The molecule has 0 aliphatic carbocycles. The van der Waals surface area contributed by atoms with E-state index < -0.39 is 0 Å². The van der Waals surface area contributed by atoms with Crippen LogP contribution in [0.2, 0.25) is 0 Å². The van der Waals surface area contributed by atoms with Crippen molar-refractivity contribution in [3.63, 3.8) is 0 Å². The second-order valence-corrected chi connectivity index (χ2v) is 7.72. The molecule has 1 N–H and O–H groups in total. The van der Waals surface area contributed by atoms with Gasteiger partial charge in [-0.1, -0.05) is 0 Å². The number of halogens is 1. The van der Waals surface area contributed by atoms with E-state index in [1.807, 2.05) is 11.4 Å². The van der Waals surface area contributed by atoms with E-state index in [9.17, 15) is 4.79 Å². The summed E-state index contributed by atoms with van der Waals surface area (Å²) in [5.41, 5.74) is 0.876. The Kier molecular flexibility index (Phi) is 5.80. The fraction of sp³-hybridized carbons (Fsp3) is 0.176. The van der Waals surface area contributed by atoms with Crippen LogP contribution in [0, 0.1) is 0 Å². The third-order valence-corrected chi connectivity index (χ3v) is 6.14. The molecule has 0 aliphatic heterocycles. The Bertz CT molecular complexity index is 913. The first kappa shape index (κ1) is 18.7. The summed E-state index contributed by atoms with van der Waals surface area (Å²) >= 11 is 6.41. The molecule has 0 radical (unpaired) electrons. The van der Waals surface area contributed by atoms with Gasteiger partial charge in [-0.25, -0.2) is 4.98 Å². The first-order valence-corrected chi connectivity index (χ1v) is 9.92. The lowest BCUT2D eigenvalue weighted by Gasteiger charge is -2.14. The van der Waals surface area contributed by atoms with Crippen molar-refractivity contribution in [2.75, 3.05) is 26.6 Å². The van der Waals surface area contributed by atoms with Gasteiger partial charge in [0.05, 0.1) is 26.2 Å². The average Bonchev–Trinajstić information content (AvgIpc) is 3.29. The highest BCUT2D eigenvalue weighted by Gasteiger charge is 2.17. The molecule has 136 valence electrons. The number of methoxy groups -OCH3 is 3. The molecule has 2 aromatic heterocycles. The van der Waals surface area contributed by atoms with Crippen LogP contribution in [0.5, 0.6) is 17.2 Å². The molecular weight excluding hydrogens is 440 g/mol. The van der Waals surface area contributed by atoms with Gasteiger partial charge in [-0.15, -0.1) is 22.7 Å². The van der Waals surface area contributed by atoms with Crippen LogP contribution in [0.3, 0.4) is 0 Å². The number of amides is 1. The van der Waals surface area contributed by atoms with Crippen molar-refractivity contribution in [3.05, 3.63) is 39.1 Å². The lowest BCUT2D eigenvalue weighted by Crippen LogP contribution is -2.12. The first-order chi connectivity index (χ1) is 12.5. The van der Waals surface area contributed by atoms with Crippen LogP contribution in [0.25, 0.3) is 9.88 Å². The van der Waals surface area contributed by atoms with Gasteiger partial charge >= 0.3 is 0 Å². The van der Waals surface area contributed by atoms with E-state index in [2.05, 4.69) is 26.2 Å². The predicted molar refractivity (Wildman–Crippen MR) is 107 cm³/mol. The van der Waals surface area contributed by atoms with Gasteiger partial charge in [0.15, 0.2) is 11.5 Å². The number of carbonyl (C=O) groups is 1. The summed E-state index contributed by atoms with van der Waals surface area (Å²) in [5, 5.41) is 7.33. The van der Waals surface area contributed by atoms with Crippen molar-refractivity contribution in [3.8, 4) is 27.1 Å². The number of aromatic nitrogens is 1. The largest absolute Gasteiger partial charge is 0.493 e. The standard InChI is InChI=1S/C17H15BrN2O4S2/c1-22-12-5-10(6-13(23-2)15(12)24-3)19-16(21)11-8-26-17(20-11)14-4-9(18)7-25-14/h4-8H,1-3H3,(H,19,21). The van der Waals surface area contributed by atoms with Gasteiger partial charge in [-0.3, -0.25) is 4.79 Å². The van der Waals surface area contributed by atoms with Crippen LogP contribution in [0.15, 0.2) is 33.4 Å². The number of ether oxygens (including phenoxy) is 3. The summed E-state index contributed by atoms with van der Waals surface area (Å²) in [6.07, 6.45) is 0. The molecule has 26 heavy (non-hydrogen) atoms. The highest BCUT2D eigenvalue weighted by molar-refractivity contribution is 9.10. The molecule has 0 bridgehead atoms. The van der Waals surface area contributed by atoms with Gasteiger partial charge in [-0.2, -0.15) is 0 Å². The van der Waals surface area contributed by atoms with E-state index in [1.54, 1.807) is 28.8 Å². The molecule has 2 heterocycles. The van der Waals surface area contributed by atoms with Gasteiger partial charge in [0, 0.05) is 33.1 Å². The predicted octanol–water partition coefficient (Wildman–Crippen LogP) is 4.91. The number of hydrogen-bond acceptors (Lipinski definition) is 7. The van der Waals surface area contributed by atoms with Gasteiger partial charge in [0.1, 0.15) is 10.7 Å². The Morgan fingerprint density at radius 3 is 2.27 bits per heavy atom. The molecule has 0 atom stereocenters. The molecule has 9 heteroatoms. The summed E-state index contributed by atoms with van der Waals surface area (Å²) in [4.78, 5) is 18.0. The third kappa shape index (κ3) is 3.84. The molecule has 0 fully saturated rings. The minimum Gasteiger partial charge on any atom is -0.493 e. The van der Waals surface area contributed by atoms with Crippen molar-refractivity contribution in [2.45, 2.75) is 0 Å². The molecule has 0 spiro atoms. The van der Waals surface area contributed by atoms with Crippen molar-refractivity contribution in [1.29, 1.82) is 0 Å². The van der Waals surface area contributed by atoms with Gasteiger partial charge in [-0.05, 0) is 22.0 Å². The zero-order valence-corrected chi connectivity index (χ0v) is 17.4. The number of nitrogens with zero attached hydrogens (tertiary/aromatic N) is 1. The van der Waals surface area contributed by atoms with Crippen LogP contribution < -0.4 is 19.5 Å². The van der Waals surface area contributed by atoms with E-state index in [-0.39, 0.29) is 5.91 Å². The van der Waals surface area contributed by atoms with Crippen LogP contribution in [-0.4, -0.2) is 32.2 Å². The van der Waals surface area contributed by atoms with Crippen molar-refractivity contribution < 1.29 is 19.0 Å². The van der Waals surface area contributed by atoms with E-state index in [4.69, 9.17) is 14.2 Å². The van der Waals surface area contributed by atoms with Crippen LogP contribution in [0.4, 0.5) is 5.69 Å². The topological polar surface area (TPSA) is 69.7 Å². The Hall–Kier alpha value is -2.10. The maximum absolute atomic E-state index is 12.5. The maximum Gasteiger partial charge on any atom is 0.275 e.